The minimum Gasteiger partial charge on any atom is -0.464 e. The molecule has 2 heterocycles. The third-order valence-electron chi connectivity index (χ3n) is 7.81. The highest BCUT2D eigenvalue weighted by Crippen LogP contribution is 2.21. The van der Waals surface area contributed by atoms with E-state index in [1.54, 1.807) is 27.7 Å². The lowest BCUT2D eigenvalue weighted by atomic mass is 10.0. The second-order valence-corrected chi connectivity index (χ2v) is 12.3. The number of likely N-dealkylation sites (tertiary alicyclic amines) is 2. The summed E-state index contributed by atoms with van der Waals surface area (Å²) in [6.45, 7) is 11.3. The molecule has 0 bridgehead atoms. The van der Waals surface area contributed by atoms with Crippen molar-refractivity contribution in [2.24, 2.45) is 11.8 Å². The van der Waals surface area contributed by atoms with Crippen molar-refractivity contribution >= 4 is 41.5 Å². The number of piperidine rings is 1. The molecule has 14 nitrogen and oxygen atoms in total. The van der Waals surface area contributed by atoms with Gasteiger partial charge in [0.05, 0.1) is 25.8 Å². The van der Waals surface area contributed by atoms with Gasteiger partial charge in [-0.25, -0.2) is 9.59 Å². The lowest BCUT2D eigenvalue weighted by molar-refractivity contribution is -0.156. The van der Waals surface area contributed by atoms with Crippen molar-refractivity contribution in [3.05, 3.63) is 0 Å². The Morgan fingerprint density at radius 2 is 1.49 bits per heavy atom. The van der Waals surface area contributed by atoms with Gasteiger partial charge < -0.3 is 35.2 Å². The van der Waals surface area contributed by atoms with E-state index in [1.165, 1.54) is 9.80 Å². The Morgan fingerprint density at radius 1 is 0.822 bits per heavy atom. The molecule has 5 amide bonds. The monoisotopic (exact) mass is 637 g/mol. The zero-order chi connectivity index (χ0) is 33.7. The maximum Gasteiger partial charge on any atom is 0.407 e. The quantitative estimate of drug-likeness (QED) is 0.176. The van der Waals surface area contributed by atoms with Crippen molar-refractivity contribution < 1.29 is 43.0 Å². The molecule has 0 aromatic carbocycles. The molecule has 0 spiro atoms. The van der Waals surface area contributed by atoms with Crippen LogP contribution in [-0.4, -0.2) is 108 Å². The largest absolute Gasteiger partial charge is 0.464 e. The fourth-order valence-electron chi connectivity index (χ4n) is 5.45. The molecular formula is C31H51N5O9. The van der Waals surface area contributed by atoms with Crippen LogP contribution in [0.15, 0.2) is 0 Å². The first kappa shape index (κ1) is 37.5. The van der Waals surface area contributed by atoms with Gasteiger partial charge in [-0.15, -0.1) is 0 Å². The molecule has 4 atom stereocenters. The first-order valence-electron chi connectivity index (χ1n) is 16.1. The van der Waals surface area contributed by atoms with E-state index >= 15 is 0 Å². The standard InChI is InChI=1S/C31H51N5O9/c1-7-12-21(26(38)28(40)32-17-24(37)35-15-10-9-13-23(35)30(42)44-8-2)33-27(39)22-14-11-16-36(22)29(41)25(20(5)6)34-31(43)45-18-19(3)4/h19-23,25H,7-18H2,1-6H3,(H,32,40)(H,33,39)(H,34,43). The van der Waals surface area contributed by atoms with Gasteiger partial charge in [0.15, 0.2) is 0 Å². The Balaban J connectivity index is 2.03. The van der Waals surface area contributed by atoms with E-state index < -0.39 is 72.2 Å². The highest BCUT2D eigenvalue weighted by atomic mass is 16.5. The highest BCUT2D eigenvalue weighted by Gasteiger charge is 2.40. The van der Waals surface area contributed by atoms with Gasteiger partial charge in [-0.2, -0.15) is 0 Å². The van der Waals surface area contributed by atoms with E-state index in [2.05, 4.69) is 16.0 Å². The van der Waals surface area contributed by atoms with Gasteiger partial charge in [0.2, 0.25) is 23.5 Å². The number of hydrogen-bond acceptors (Lipinski definition) is 9. The van der Waals surface area contributed by atoms with Gasteiger partial charge >= 0.3 is 12.1 Å². The van der Waals surface area contributed by atoms with Crippen LogP contribution in [0.2, 0.25) is 0 Å². The normalized spacial score (nSPS) is 19.5. The van der Waals surface area contributed by atoms with Crippen molar-refractivity contribution in [3.63, 3.8) is 0 Å². The SMILES string of the molecule is CCCC(NC(=O)C1CCCN1C(=O)C(NC(=O)OCC(C)C)C(C)C)C(=O)C(=O)NCC(=O)N1CCCCC1C(=O)OCC. The van der Waals surface area contributed by atoms with E-state index in [1.807, 2.05) is 13.8 Å². The molecule has 14 heteroatoms. The van der Waals surface area contributed by atoms with E-state index in [0.29, 0.717) is 45.2 Å². The van der Waals surface area contributed by atoms with Crippen LogP contribution in [0, 0.1) is 11.8 Å². The van der Waals surface area contributed by atoms with Crippen molar-refractivity contribution in [1.82, 2.24) is 25.8 Å². The number of amides is 5. The van der Waals surface area contributed by atoms with E-state index in [0.717, 1.165) is 6.42 Å². The summed E-state index contributed by atoms with van der Waals surface area (Å²) in [6, 6.07) is -3.71. The van der Waals surface area contributed by atoms with Gasteiger partial charge in [-0.3, -0.25) is 24.0 Å². The fourth-order valence-corrected chi connectivity index (χ4v) is 5.45. The number of nitrogens with zero attached hydrogens (tertiary/aromatic N) is 2. The lowest BCUT2D eigenvalue weighted by Crippen LogP contribution is -2.57. The molecule has 0 aliphatic carbocycles. The number of alkyl carbamates (subject to hydrolysis) is 1. The van der Waals surface area contributed by atoms with Gasteiger partial charge in [-0.1, -0.05) is 41.0 Å². The van der Waals surface area contributed by atoms with Gasteiger partial charge in [0.25, 0.3) is 5.91 Å². The molecule has 2 aliphatic rings. The summed E-state index contributed by atoms with van der Waals surface area (Å²) in [5, 5.41) is 7.60. The number of nitrogens with one attached hydrogen (secondary N) is 3. The molecule has 0 radical (unpaired) electrons. The van der Waals surface area contributed by atoms with Crippen LogP contribution < -0.4 is 16.0 Å². The Kier molecular flexibility index (Phi) is 15.2. The Labute approximate surface area is 265 Å². The molecule has 45 heavy (non-hydrogen) atoms. The van der Waals surface area contributed by atoms with Crippen LogP contribution in [0.3, 0.4) is 0 Å². The van der Waals surface area contributed by atoms with Gasteiger partial charge in [-0.05, 0) is 57.3 Å². The van der Waals surface area contributed by atoms with Crippen molar-refractivity contribution in [2.75, 3.05) is 32.8 Å². The molecule has 2 aliphatic heterocycles. The van der Waals surface area contributed by atoms with Gasteiger partial charge in [0.1, 0.15) is 18.1 Å². The third-order valence-corrected chi connectivity index (χ3v) is 7.81. The minimum absolute atomic E-state index is 0.121. The predicted octanol–water partition coefficient (Wildman–Crippen LogP) is 1.30. The summed E-state index contributed by atoms with van der Waals surface area (Å²) in [7, 11) is 0. The predicted molar refractivity (Wildman–Crippen MR) is 164 cm³/mol. The van der Waals surface area contributed by atoms with Crippen LogP contribution >= 0.6 is 0 Å². The minimum atomic E-state index is -1.16. The maximum atomic E-state index is 13.5. The van der Waals surface area contributed by atoms with Crippen molar-refractivity contribution in [3.8, 4) is 0 Å². The van der Waals surface area contributed by atoms with Crippen LogP contribution in [0.25, 0.3) is 0 Å². The lowest BCUT2D eigenvalue weighted by Gasteiger charge is -2.34. The number of Topliss-reactive ketones (excluding diaryl/α,β-unsaturated/α-hetero) is 1. The zero-order valence-corrected chi connectivity index (χ0v) is 27.5. The van der Waals surface area contributed by atoms with Crippen molar-refractivity contribution in [2.45, 2.75) is 111 Å². The molecule has 0 aromatic rings. The van der Waals surface area contributed by atoms with Crippen molar-refractivity contribution in [1.29, 1.82) is 0 Å². The molecule has 0 saturated carbocycles. The summed E-state index contributed by atoms with van der Waals surface area (Å²) < 4.78 is 10.3. The van der Waals surface area contributed by atoms with E-state index in [-0.39, 0.29) is 31.5 Å². The average Bonchev–Trinajstić information content (AvgIpc) is 3.50. The van der Waals surface area contributed by atoms with Crippen LogP contribution in [0.5, 0.6) is 0 Å². The summed E-state index contributed by atoms with van der Waals surface area (Å²) >= 11 is 0. The highest BCUT2D eigenvalue weighted by molar-refractivity contribution is 6.38. The number of ether oxygens (including phenoxy) is 2. The second kappa shape index (κ2) is 18.3. The zero-order valence-electron chi connectivity index (χ0n) is 27.5. The molecule has 254 valence electrons. The number of esters is 1. The van der Waals surface area contributed by atoms with E-state index in [4.69, 9.17) is 9.47 Å². The third kappa shape index (κ3) is 11.0. The summed E-state index contributed by atoms with van der Waals surface area (Å²) in [5.41, 5.74) is 0. The molecule has 2 rings (SSSR count). The first-order chi connectivity index (χ1) is 21.3. The van der Waals surface area contributed by atoms with Gasteiger partial charge in [0, 0.05) is 13.1 Å². The molecule has 4 unspecified atom stereocenters. The number of carbonyl (C=O) groups is 7. The fraction of sp³-hybridized carbons (Fsp3) is 0.774. The summed E-state index contributed by atoms with van der Waals surface area (Å²) in [5.74, 6) is -4.13. The number of rotatable bonds is 15. The smallest absolute Gasteiger partial charge is 0.407 e. The molecule has 3 N–H and O–H groups in total. The Hall–Kier alpha value is -3.71. The summed E-state index contributed by atoms with van der Waals surface area (Å²) in [4.78, 5) is 93.1. The van der Waals surface area contributed by atoms with Crippen LogP contribution in [-0.2, 0) is 38.2 Å². The number of carbonyl (C=O) groups excluding carboxylic acids is 7. The Bertz CT molecular complexity index is 1080. The topological polar surface area (TPSA) is 181 Å². The Morgan fingerprint density at radius 3 is 2.11 bits per heavy atom. The molecule has 2 saturated heterocycles. The average molecular weight is 638 g/mol. The van der Waals surface area contributed by atoms with Crippen LogP contribution in [0.1, 0.15) is 86.5 Å². The second-order valence-electron chi connectivity index (χ2n) is 12.3. The maximum absolute atomic E-state index is 13.5. The molecule has 2 fully saturated rings. The van der Waals surface area contributed by atoms with E-state index in [9.17, 15) is 33.6 Å². The summed E-state index contributed by atoms with van der Waals surface area (Å²) in [6.07, 6.45) is 2.75. The number of hydrogen-bond donors (Lipinski definition) is 3. The molecular weight excluding hydrogens is 586 g/mol. The van der Waals surface area contributed by atoms with Crippen LogP contribution in [0.4, 0.5) is 4.79 Å². The first-order valence-corrected chi connectivity index (χ1v) is 16.1. The number of ketones is 1. The molecule has 0 aromatic heterocycles.